The van der Waals surface area contributed by atoms with E-state index in [0.29, 0.717) is 30.5 Å². The monoisotopic (exact) mass is 353 g/mol. The molecule has 4 rings (SSSR count). The zero-order chi connectivity index (χ0) is 18.1. The molecule has 6 heteroatoms. The van der Waals surface area contributed by atoms with E-state index in [4.69, 9.17) is 9.47 Å². The maximum atomic E-state index is 13.8. The number of anilines is 2. The summed E-state index contributed by atoms with van der Waals surface area (Å²) in [7, 11) is 0. The highest BCUT2D eigenvalue weighted by Crippen LogP contribution is 2.33. The highest BCUT2D eigenvalue weighted by Gasteiger charge is 2.19. The van der Waals surface area contributed by atoms with Crippen molar-refractivity contribution in [3.05, 3.63) is 53.6 Å². The molecule has 0 unspecified atom stereocenters. The number of fused-ring (bicyclic) bond motifs is 1. The first kappa shape index (κ1) is 16.7. The van der Waals surface area contributed by atoms with Gasteiger partial charge in [0.15, 0.2) is 0 Å². The van der Waals surface area contributed by atoms with Gasteiger partial charge in [-0.2, -0.15) is 0 Å². The van der Waals surface area contributed by atoms with Crippen LogP contribution in [-0.4, -0.2) is 29.3 Å². The van der Waals surface area contributed by atoms with Crippen LogP contribution in [0.2, 0.25) is 0 Å². The molecular weight excluding hydrogens is 333 g/mol. The van der Waals surface area contributed by atoms with Crippen LogP contribution in [0, 0.1) is 19.7 Å². The van der Waals surface area contributed by atoms with Crippen molar-refractivity contribution in [2.24, 2.45) is 0 Å². The molecule has 0 spiro atoms. The van der Waals surface area contributed by atoms with E-state index in [1.807, 2.05) is 19.9 Å². The molecule has 1 aliphatic rings. The van der Waals surface area contributed by atoms with Crippen LogP contribution < -0.4 is 10.1 Å². The number of halogens is 1. The van der Waals surface area contributed by atoms with Crippen molar-refractivity contribution < 1.29 is 13.9 Å². The summed E-state index contributed by atoms with van der Waals surface area (Å²) >= 11 is 0. The minimum atomic E-state index is -0.344. The minimum Gasteiger partial charge on any atom is -0.486 e. The van der Waals surface area contributed by atoms with E-state index in [2.05, 4.69) is 21.4 Å². The van der Waals surface area contributed by atoms with E-state index in [1.54, 1.807) is 6.07 Å². The Bertz CT molecular complexity index is 955. The highest BCUT2D eigenvalue weighted by molar-refractivity contribution is 5.94. The summed E-state index contributed by atoms with van der Waals surface area (Å²) in [5.41, 5.74) is 3.76. The first-order valence-corrected chi connectivity index (χ1v) is 8.63. The van der Waals surface area contributed by atoms with Gasteiger partial charge < -0.3 is 14.8 Å². The molecule has 1 fully saturated rings. The summed E-state index contributed by atoms with van der Waals surface area (Å²) in [5, 5.41) is 4.24. The van der Waals surface area contributed by atoms with Gasteiger partial charge in [-0.25, -0.2) is 14.4 Å². The number of hydrogen-bond acceptors (Lipinski definition) is 5. The molecule has 0 saturated carbocycles. The molecule has 0 amide bonds. The number of nitrogens with one attached hydrogen (secondary N) is 1. The fourth-order valence-electron chi connectivity index (χ4n) is 3.27. The second-order valence-corrected chi connectivity index (χ2v) is 6.57. The van der Waals surface area contributed by atoms with Crippen LogP contribution in [0.5, 0.6) is 5.75 Å². The number of benzene rings is 2. The molecule has 1 aromatic heterocycles. The van der Waals surface area contributed by atoms with Crippen molar-refractivity contribution in [3.8, 4) is 5.75 Å². The van der Waals surface area contributed by atoms with Crippen LogP contribution >= 0.6 is 0 Å². The predicted octanol–water partition coefficient (Wildman–Crippen LogP) is 4.30. The average Bonchev–Trinajstić information content (AvgIpc) is 3.10. The third-order valence-electron chi connectivity index (χ3n) is 4.46. The zero-order valence-electron chi connectivity index (χ0n) is 14.8. The van der Waals surface area contributed by atoms with Gasteiger partial charge in [0, 0.05) is 17.9 Å². The van der Waals surface area contributed by atoms with Gasteiger partial charge in [-0.3, -0.25) is 0 Å². The lowest BCUT2D eigenvalue weighted by atomic mass is 10.1. The second kappa shape index (κ2) is 6.88. The summed E-state index contributed by atoms with van der Waals surface area (Å²) in [5.74, 6) is 0.785. The number of rotatable bonds is 4. The molecule has 0 aliphatic carbocycles. The molecule has 2 heterocycles. The van der Waals surface area contributed by atoms with Crippen LogP contribution in [0.1, 0.15) is 17.5 Å². The third-order valence-corrected chi connectivity index (χ3v) is 4.46. The molecular formula is C20H20FN3O2. The lowest BCUT2D eigenvalue weighted by molar-refractivity contribution is 0.141. The fraction of sp³-hybridized carbons (Fsp3) is 0.300. The Morgan fingerprint density at radius 3 is 2.88 bits per heavy atom. The molecule has 1 N–H and O–H groups in total. The van der Waals surface area contributed by atoms with Gasteiger partial charge in [0.05, 0.1) is 24.4 Å². The number of aryl methyl sites for hydroxylation is 2. The van der Waals surface area contributed by atoms with Crippen LogP contribution in [0.3, 0.4) is 0 Å². The average molecular weight is 353 g/mol. The standard InChI is InChI=1S/C20H20FN3O2/c1-12-7-13(2)19-17(8-12)22-11-23-20(19)24-16-4-3-14(21)9-18(16)26-15-5-6-25-10-15/h3-4,7-9,11,15H,5-6,10H2,1-2H3,(H,22,23,24)/t15-/m1/s1. The predicted molar refractivity (Wildman–Crippen MR) is 98.5 cm³/mol. The SMILES string of the molecule is Cc1cc(C)c2c(Nc3ccc(F)cc3O[C@@H]3CCOC3)ncnc2c1. The van der Waals surface area contributed by atoms with Crippen molar-refractivity contribution in [2.75, 3.05) is 18.5 Å². The van der Waals surface area contributed by atoms with E-state index >= 15 is 0 Å². The quantitative estimate of drug-likeness (QED) is 0.758. The van der Waals surface area contributed by atoms with Gasteiger partial charge in [-0.1, -0.05) is 6.07 Å². The van der Waals surface area contributed by atoms with Crippen molar-refractivity contribution >= 4 is 22.4 Å². The normalized spacial score (nSPS) is 16.8. The Balaban J connectivity index is 1.72. The number of ether oxygens (including phenoxy) is 2. The lowest BCUT2D eigenvalue weighted by Gasteiger charge is -2.17. The molecule has 134 valence electrons. The molecule has 0 bridgehead atoms. The van der Waals surface area contributed by atoms with Gasteiger partial charge >= 0.3 is 0 Å². The van der Waals surface area contributed by atoms with Gasteiger partial charge in [-0.15, -0.1) is 0 Å². The van der Waals surface area contributed by atoms with Gasteiger partial charge in [-0.05, 0) is 43.2 Å². The minimum absolute atomic E-state index is 0.0659. The molecule has 2 aromatic carbocycles. The topological polar surface area (TPSA) is 56.3 Å². The first-order chi connectivity index (χ1) is 12.6. The first-order valence-electron chi connectivity index (χ1n) is 8.63. The highest BCUT2D eigenvalue weighted by atomic mass is 19.1. The largest absolute Gasteiger partial charge is 0.486 e. The fourth-order valence-corrected chi connectivity index (χ4v) is 3.27. The number of hydrogen-bond donors (Lipinski definition) is 1. The van der Waals surface area contributed by atoms with Crippen molar-refractivity contribution in [1.82, 2.24) is 9.97 Å². The van der Waals surface area contributed by atoms with Gasteiger partial charge in [0.2, 0.25) is 0 Å². The Kier molecular flexibility index (Phi) is 4.42. The Labute approximate surface area is 151 Å². The van der Waals surface area contributed by atoms with Crippen LogP contribution in [0.15, 0.2) is 36.7 Å². The smallest absolute Gasteiger partial charge is 0.146 e. The molecule has 26 heavy (non-hydrogen) atoms. The lowest BCUT2D eigenvalue weighted by Crippen LogP contribution is -2.16. The van der Waals surface area contributed by atoms with Crippen LogP contribution in [0.25, 0.3) is 10.9 Å². The van der Waals surface area contributed by atoms with Gasteiger partial charge in [0.1, 0.15) is 29.8 Å². The van der Waals surface area contributed by atoms with E-state index in [-0.39, 0.29) is 11.9 Å². The molecule has 1 atom stereocenters. The molecule has 1 aliphatic heterocycles. The summed E-state index contributed by atoms with van der Waals surface area (Å²) in [6.07, 6.45) is 2.26. The second-order valence-electron chi connectivity index (χ2n) is 6.57. The maximum absolute atomic E-state index is 13.8. The number of nitrogens with zero attached hydrogens (tertiary/aromatic N) is 2. The van der Waals surface area contributed by atoms with Crippen molar-refractivity contribution in [2.45, 2.75) is 26.4 Å². The maximum Gasteiger partial charge on any atom is 0.146 e. The molecule has 5 nitrogen and oxygen atoms in total. The summed E-state index contributed by atoms with van der Waals surface area (Å²) in [4.78, 5) is 8.76. The summed E-state index contributed by atoms with van der Waals surface area (Å²) in [6.45, 7) is 5.25. The van der Waals surface area contributed by atoms with Crippen molar-refractivity contribution in [3.63, 3.8) is 0 Å². The Morgan fingerprint density at radius 1 is 1.19 bits per heavy atom. The Hall–Kier alpha value is -2.73. The van der Waals surface area contributed by atoms with E-state index in [9.17, 15) is 4.39 Å². The third kappa shape index (κ3) is 3.32. The number of aromatic nitrogens is 2. The van der Waals surface area contributed by atoms with E-state index in [1.165, 1.54) is 18.5 Å². The summed E-state index contributed by atoms with van der Waals surface area (Å²) in [6, 6.07) is 8.57. The Morgan fingerprint density at radius 2 is 2.08 bits per heavy atom. The molecule has 3 aromatic rings. The van der Waals surface area contributed by atoms with Crippen molar-refractivity contribution in [1.29, 1.82) is 0 Å². The van der Waals surface area contributed by atoms with Crippen LogP contribution in [0.4, 0.5) is 15.9 Å². The van der Waals surface area contributed by atoms with E-state index in [0.717, 1.165) is 28.5 Å². The molecule has 1 saturated heterocycles. The zero-order valence-corrected chi connectivity index (χ0v) is 14.8. The van der Waals surface area contributed by atoms with Gasteiger partial charge in [0.25, 0.3) is 0 Å². The summed E-state index contributed by atoms with van der Waals surface area (Å²) < 4.78 is 25.0. The van der Waals surface area contributed by atoms with Crippen LogP contribution in [-0.2, 0) is 4.74 Å². The van der Waals surface area contributed by atoms with E-state index < -0.39 is 0 Å². The molecule has 0 radical (unpaired) electrons.